The molecule has 1 atom stereocenters. The molecule has 1 aromatic carbocycles. The van der Waals surface area contributed by atoms with E-state index in [4.69, 9.17) is 15.9 Å². The molecular weight excluding hydrogens is 218 g/mol. The predicted molar refractivity (Wildman–Crippen MR) is 64.6 cm³/mol. The summed E-state index contributed by atoms with van der Waals surface area (Å²) in [5.41, 5.74) is 0.785. The summed E-state index contributed by atoms with van der Waals surface area (Å²) in [6.07, 6.45) is 5.16. The van der Waals surface area contributed by atoms with Gasteiger partial charge >= 0.3 is 5.97 Å². The molecule has 4 heteroatoms. The van der Waals surface area contributed by atoms with Gasteiger partial charge in [-0.1, -0.05) is 18.1 Å². The molecule has 0 aliphatic carbocycles. The Morgan fingerprint density at radius 2 is 2.06 bits per heavy atom. The van der Waals surface area contributed by atoms with Crippen LogP contribution >= 0.6 is 0 Å². The monoisotopic (exact) mass is 233 g/mol. The van der Waals surface area contributed by atoms with E-state index < -0.39 is 6.04 Å². The van der Waals surface area contributed by atoms with E-state index in [1.807, 2.05) is 0 Å². The van der Waals surface area contributed by atoms with Crippen molar-refractivity contribution in [3.63, 3.8) is 0 Å². The fourth-order valence-corrected chi connectivity index (χ4v) is 1.41. The third-order valence-electron chi connectivity index (χ3n) is 2.29. The van der Waals surface area contributed by atoms with Crippen LogP contribution in [0.15, 0.2) is 24.3 Å². The molecule has 0 heterocycles. The summed E-state index contributed by atoms with van der Waals surface area (Å²) < 4.78 is 9.77. The lowest BCUT2D eigenvalue weighted by molar-refractivity contribution is -0.143. The standard InChI is InChI=1S/C13H15NO3/c1-4-9-14-12(13(15)17-3)10-5-7-11(16-2)8-6-10/h1,5-8,12,14H,9H2,2-3H3. The second-order valence-corrected chi connectivity index (χ2v) is 3.31. The number of esters is 1. The Bertz CT molecular complexity index is 406. The third kappa shape index (κ3) is 3.51. The maximum atomic E-state index is 11.6. The summed E-state index contributed by atoms with van der Waals surface area (Å²) in [6, 6.07) is 6.60. The van der Waals surface area contributed by atoms with E-state index in [9.17, 15) is 4.79 Å². The van der Waals surface area contributed by atoms with Gasteiger partial charge in [-0.2, -0.15) is 0 Å². The molecule has 0 saturated heterocycles. The number of terminal acetylenes is 1. The lowest BCUT2D eigenvalue weighted by Crippen LogP contribution is -2.29. The van der Waals surface area contributed by atoms with Crippen molar-refractivity contribution >= 4 is 5.97 Å². The number of carbonyl (C=O) groups is 1. The summed E-state index contributed by atoms with van der Waals surface area (Å²) in [7, 11) is 2.93. The van der Waals surface area contributed by atoms with Crippen molar-refractivity contribution in [2.24, 2.45) is 0 Å². The highest BCUT2D eigenvalue weighted by Crippen LogP contribution is 2.18. The maximum absolute atomic E-state index is 11.6. The Hall–Kier alpha value is -1.99. The fourth-order valence-electron chi connectivity index (χ4n) is 1.41. The van der Waals surface area contributed by atoms with Crippen molar-refractivity contribution in [1.29, 1.82) is 0 Å². The van der Waals surface area contributed by atoms with Crippen LogP contribution < -0.4 is 10.1 Å². The van der Waals surface area contributed by atoms with Gasteiger partial charge < -0.3 is 9.47 Å². The molecule has 1 unspecified atom stereocenters. The molecule has 90 valence electrons. The van der Waals surface area contributed by atoms with Crippen molar-refractivity contribution in [2.75, 3.05) is 20.8 Å². The van der Waals surface area contributed by atoms with Crippen LogP contribution in [0.5, 0.6) is 5.75 Å². The second-order valence-electron chi connectivity index (χ2n) is 3.31. The summed E-state index contributed by atoms with van der Waals surface area (Å²) in [5, 5.41) is 2.92. The smallest absolute Gasteiger partial charge is 0.327 e. The van der Waals surface area contributed by atoms with Crippen LogP contribution in [0.3, 0.4) is 0 Å². The Labute approximate surface area is 101 Å². The topological polar surface area (TPSA) is 47.6 Å². The molecule has 0 saturated carbocycles. The first-order valence-electron chi connectivity index (χ1n) is 5.11. The van der Waals surface area contributed by atoms with Gasteiger partial charge in [-0.05, 0) is 17.7 Å². The van der Waals surface area contributed by atoms with Gasteiger partial charge in [0.15, 0.2) is 0 Å². The van der Waals surface area contributed by atoms with Gasteiger partial charge in [-0.25, -0.2) is 4.79 Å². The average molecular weight is 233 g/mol. The summed E-state index contributed by atoms with van der Waals surface area (Å²) >= 11 is 0. The van der Waals surface area contributed by atoms with Crippen LogP contribution in [0.1, 0.15) is 11.6 Å². The number of nitrogens with one attached hydrogen (secondary N) is 1. The second kappa shape index (κ2) is 6.56. The molecule has 0 aromatic heterocycles. The summed E-state index contributed by atoms with van der Waals surface area (Å²) in [4.78, 5) is 11.6. The van der Waals surface area contributed by atoms with Gasteiger partial charge in [0.05, 0.1) is 20.8 Å². The number of rotatable bonds is 5. The van der Waals surface area contributed by atoms with Gasteiger partial charge in [-0.15, -0.1) is 6.42 Å². The van der Waals surface area contributed by atoms with E-state index in [2.05, 4.69) is 11.2 Å². The van der Waals surface area contributed by atoms with Crippen LogP contribution in [0, 0.1) is 12.3 Å². The van der Waals surface area contributed by atoms with E-state index in [1.54, 1.807) is 31.4 Å². The van der Waals surface area contributed by atoms with Crippen LogP contribution in [-0.4, -0.2) is 26.7 Å². The first-order chi connectivity index (χ1) is 8.22. The first kappa shape index (κ1) is 13.1. The van der Waals surface area contributed by atoms with Gasteiger partial charge in [0.1, 0.15) is 11.8 Å². The Balaban J connectivity index is 2.88. The molecule has 0 bridgehead atoms. The van der Waals surface area contributed by atoms with Gasteiger partial charge in [0, 0.05) is 0 Å². The zero-order valence-corrected chi connectivity index (χ0v) is 9.90. The van der Waals surface area contributed by atoms with E-state index in [0.29, 0.717) is 6.54 Å². The highest BCUT2D eigenvalue weighted by molar-refractivity contribution is 5.77. The van der Waals surface area contributed by atoms with E-state index in [-0.39, 0.29) is 5.97 Å². The predicted octanol–water partition coefficient (Wildman–Crippen LogP) is 1.13. The summed E-state index contributed by atoms with van der Waals surface area (Å²) in [6.45, 7) is 0.297. The Morgan fingerprint density at radius 3 is 2.53 bits per heavy atom. The number of ether oxygens (including phenoxy) is 2. The van der Waals surface area contributed by atoms with Gasteiger partial charge in [0.25, 0.3) is 0 Å². The number of hydrogen-bond acceptors (Lipinski definition) is 4. The van der Waals surface area contributed by atoms with E-state index in [0.717, 1.165) is 11.3 Å². The Morgan fingerprint density at radius 1 is 1.41 bits per heavy atom. The molecule has 0 fully saturated rings. The van der Waals surface area contributed by atoms with Crippen LogP contribution in [0.25, 0.3) is 0 Å². The largest absolute Gasteiger partial charge is 0.497 e. The molecule has 17 heavy (non-hydrogen) atoms. The van der Waals surface area contributed by atoms with Crippen LogP contribution in [0.2, 0.25) is 0 Å². The van der Waals surface area contributed by atoms with Crippen LogP contribution in [-0.2, 0) is 9.53 Å². The normalized spacial score (nSPS) is 11.4. The lowest BCUT2D eigenvalue weighted by Gasteiger charge is -2.15. The fraction of sp³-hybridized carbons (Fsp3) is 0.308. The highest BCUT2D eigenvalue weighted by atomic mass is 16.5. The van der Waals surface area contributed by atoms with E-state index >= 15 is 0 Å². The molecule has 1 rings (SSSR count). The molecule has 0 aliphatic rings. The van der Waals surface area contributed by atoms with Crippen molar-refractivity contribution in [3.8, 4) is 18.1 Å². The minimum absolute atomic E-state index is 0.297. The number of methoxy groups -OCH3 is 2. The minimum Gasteiger partial charge on any atom is -0.497 e. The highest BCUT2D eigenvalue weighted by Gasteiger charge is 2.20. The van der Waals surface area contributed by atoms with Gasteiger partial charge in [-0.3, -0.25) is 5.32 Å². The Kier molecular flexibility index (Phi) is 5.05. The number of hydrogen-bond donors (Lipinski definition) is 1. The van der Waals surface area contributed by atoms with Crippen molar-refractivity contribution < 1.29 is 14.3 Å². The summed E-state index contributed by atoms with van der Waals surface area (Å²) in [5.74, 6) is 2.79. The SMILES string of the molecule is C#CCNC(C(=O)OC)c1ccc(OC)cc1. The van der Waals surface area contributed by atoms with Crippen molar-refractivity contribution in [1.82, 2.24) is 5.32 Å². The third-order valence-corrected chi connectivity index (χ3v) is 2.29. The zero-order valence-electron chi connectivity index (χ0n) is 9.90. The molecule has 1 aromatic rings. The van der Waals surface area contributed by atoms with Crippen molar-refractivity contribution in [2.45, 2.75) is 6.04 Å². The lowest BCUT2D eigenvalue weighted by atomic mass is 10.1. The maximum Gasteiger partial charge on any atom is 0.327 e. The average Bonchev–Trinajstić information content (AvgIpc) is 2.39. The molecule has 0 aliphatic heterocycles. The van der Waals surface area contributed by atoms with E-state index in [1.165, 1.54) is 7.11 Å². The quantitative estimate of drug-likeness (QED) is 0.612. The molecule has 0 spiro atoms. The first-order valence-corrected chi connectivity index (χ1v) is 5.11. The number of carbonyl (C=O) groups excluding carboxylic acids is 1. The van der Waals surface area contributed by atoms with Crippen molar-refractivity contribution in [3.05, 3.63) is 29.8 Å². The molecule has 0 radical (unpaired) electrons. The molecular formula is C13H15NO3. The molecule has 1 N–H and O–H groups in total. The number of benzene rings is 1. The van der Waals surface area contributed by atoms with Gasteiger partial charge in [0.2, 0.25) is 0 Å². The minimum atomic E-state index is -0.554. The zero-order chi connectivity index (χ0) is 12.7. The molecule has 4 nitrogen and oxygen atoms in total. The van der Waals surface area contributed by atoms with Crippen LogP contribution in [0.4, 0.5) is 0 Å². The molecule has 0 amide bonds.